The molecule has 0 amide bonds. The van der Waals surface area contributed by atoms with E-state index < -0.39 is 0 Å². The fourth-order valence-corrected chi connectivity index (χ4v) is 3.31. The number of fused-ring (bicyclic) bond motifs is 1. The van der Waals surface area contributed by atoms with E-state index in [1.165, 1.54) is 12.0 Å². The lowest BCUT2D eigenvalue weighted by Gasteiger charge is -2.27. The van der Waals surface area contributed by atoms with Crippen molar-refractivity contribution in [2.75, 3.05) is 40.3 Å². The van der Waals surface area contributed by atoms with Crippen LogP contribution in [0.25, 0.3) is 0 Å². The van der Waals surface area contributed by atoms with Crippen molar-refractivity contribution in [1.29, 1.82) is 0 Å². The topological polar surface area (TPSA) is 48.9 Å². The van der Waals surface area contributed by atoms with Crippen LogP contribution in [0.5, 0.6) is 0 Å². The number of ether oxygens (including phenoxy) is 1. The first-order chi connectivity index (χ1) is 10.5. The van der Waals surface area contributed by atoms with Crippen LogP contribution in [0, 0.1) is 0 Å². The van der Waals surface area contributed by atoms with Crippen molar-refractivity contribution in [3.05, 3.63) is 21.9 Å². The fourth-order valence-electron chi connectivity index (χ4n) is 2.42. The Bertz CT molecular complexity index is 498. The Hall–Kier alpha value is -1.11. The number of nitrogens with zero attached hydrogens (tertiary/aromatic N) is 2. The minimum atomic E-state index is -0.195. The smallest absolute Gasteiger partial charge is 0.191 e. The van der Waals surface area contributed by atoms with E-state index in [2.05, 4.69) is 45.8 Å². The third-order valence-corrected chi connectivity index (χ3v) is 5.09. The van der Waals surface area contributed by atoms with E-state index in [4.69, 9.17) is 4.74 Å². The van der Waals surface area contributed by atoms with E-state index in [-0.39, 0.29) is 5.60 Å². The Kier molecular flexibility index (Phi) is 6.23. The number of nitrogens with one attached hydrogen (secondary N) is 2. The molecule has 1 aromatic rings. The van der Waals surface area contributed by atoms with Gasteiger partial charge >= 0.3 is 0 Å². The summed E-state index contributed by atoms with van der Waals surface area (Å²) in [6.45, 7) is 8.99. The van der Waals surface area contributed by atoms with Gasteiger partial charge in [-0.25, -0.2) is 0 Å². The molecular weight excluding hydrogens is 296 g/mol. The van der Waals surface area contributed by atoms with E-state index in [1.54, 1.807) is 19.0 Å². The first-order valence-corrected chi connectivity index (χ1v) is 8.69. The van der Waals surface area contributed by atoms with Crippen LogP contribution in [0.3, 0.4) is 0 Å². The Morgan fingerprint density at radius 2 is 2.27 bits per heavy atom. The number of methoxy groups -OCH3 is 1. The molecule has 2 N–H and O–H groups in total. The Balaban J connectivity index is 1.69. The summed E-state index contributed by atoms with van der Waals surface area (Å²) in [6.07, 6.45) is 1.18. The molecular formula is C16H28N4OS. The number of thiophene rings is 1. The van der Waals surface area contributed by atoms with Crippen LogP contribution in [-0.4, -0.2) is 56.8 Å². The number of guanidine groups is 1. The molecule has 0 spiro atoms. The third-order valence-electron chi connectivity index (χ3n) is 4.06. The van der Waals surface area contributed by atoms with Crippen LogP contribution < -0.4 is 10.6 Å². The maximum Gasteiger partial charge on any atom is 0.191 e. The zero-order valence-electron chi connectivity index (χ0n) is 14.1. The van der Waals surface area contributed by atoms with Gasteiger partial charge < -0.3 is 15.4 Å². The molecule has 0 fully saturated rings. The summed E-state index contributed by atoms with van der Waals surface area (Å²) in [5.74, 6) is 0.832. The van der Waals surface area contributed by atoms with E-state index in [0.29, 0.717) is 0 Å². The molecule has 0 saturated carbocycles. The first kappa shape index (κ1) is 17.2. The van der Waals surface area contributed by atoms with Crippen molar-refractivity contribution in [2.45, 2.75) is 32.4 Å². The molecule has 5 nitrogen and oxygen atoms in total. The van der Waals surface area contributed by atoms with Crippen molar-refractivity contribution in [2.24, 2.45) is 4.99 Å². The second-order valence-electron chi connectivity index (χ2n) is 6.21. The lowest BCUT2D eigenvalue weighted by molar-refractivity contribution is 0.0268. The van der Waals surface area contributed by atoms with Crippen LogP contribution in [0.15, 0.2) is 16.4 Å². The minimum Gasteiger partial charge on any atom is -0.377 e. The van der Waals surface area contributed by atoms with Crippen molar-refractivity contribution < 1.29 is 4.74 Å². The van der Waals surface area contributed by atoms with Crippen LogP contribution in [-0.2, 0) is 17.7 Å². The van der Waals surface area contributed by atoms with Crippen molar-refractivity contribution >= 4 is 17.3 Å². The largest absolute Gasteiger partial charge is 0.377 e. The molecule has 0 saturated heterocycles. The number of rotatable bonds is 6. The fraction of sp³-hybridized carbons (Fsp3) is 0.688. The molecule has 22 heavy (non-hydrogen) atoms. The molecule has 0 aromatic carbocycles. The van der Waals surface area contributed by atoms with Gasteiger partial charge in [0.15, 0.2) is 5.96 Å². The van der Waals surface area contributed by atoms with Gasteiger partial charge in [-0.3, -0.25) is 9.89 Å². The molecule has 2 heterocycles. The Labute approximate surface area is 137 Å². The van der Waals surface area contributed by atoms with E-state index in [9.17, 15) is 0 Å². The summed E-state index contributed by atoms with van der Waals surface area (Å²) in [4.78, 5) is 8.31. The molecule has 6 heteroatoms. The summed E-state index contributed by atoms with van der Waals surface area (Å²) in [5, 5.41) is 8.89. The summed E-state index contributed by atoms with van der Waals surface area (Å²) in [5.41, 5.74) is 1.31. The first-order valence-electron chi connectivity index (χ1n) is 7.81. The summed E-state index contributed by atoms with van der Waals surface area (Å²) in [7, 11) is 3.53. The van der Waals surface area contributed by atoms with Gasteiger partial charge in [-0.2, -0.15) is 0 Å². The average Bonchev–Trinajstić information content (AvgIpc) is 2.98. The zero-order chi connectivity index (χ0) is 16.0. The molecule has 2 rings (SSSR count). The van der Waals surface area contributed by atoms with Crippen molar-refractivity contribution in [3.8, 4) is 0 Å². The van der Waals surface area contributed by atoms with E-state index in [0.717, 1.165) is 38.7 Å². The molecule has 0 radical (unpaired) electrons. The number of hydrogen-bond donors (Lipinski definition) is 2. The normalized spacial score (nSPS) is 16.5. The quantitative estimate of drug-likeness (QED) is 0.618. The monoisotopic (exact) mass is 324 g/mol. The molecule has 1 aliphatic rings. The lowest BCUT2D eigenvalue weighted by atomic mass is 10.1. The molecule has 0 aliphatic carbocycles. The van der Waals surface area contributed by atoms with Crippen LogP contribution in [0.1, 0.15) is 24.3 Å². The predicted molar refractivity (Wildman–Crippen MR) is 93.8 cm³/mol. The molecule has 0 unspecified atom stereocenters. The van der Waals surface area contributed by atoms with Crippen molar-refractivity contribution in [3.63, 3.8) is 0 Å². The second kappa shape index (κ2) is 7.94. The summed E-state index contributed by atoms with van der Waals surface area (Å²) < 4.78 is 5.41. The van der Waals surface area contributed by atoms with Gasteiger partial charge in [0.1, 0.15) is 0 Å². The molecule has 1 aromatic heterocycles. The minimum absolute atomic E-state index is 0.195. The Morgan fingerprint density at radius 3 is 3.00 bits per heavy atom. The standard InChI is InChI=1S/C16H28N4OS/c1-16(2,21-4)12-19-15(17-3)18-7-9-20-8-5-14-13(11-20)6-10-22-14/h6,10H,5,7-9,11-12H2,1-4H3,(H2,17,18,19). The Morgan fingerprint density at radius 1 is 1.45 bits per heavy atom. The van der Waals surface area contributed by atoms with Crippen LogP contribution in [0.4, 0.5) is 0 Å². The summed E-state index contributed by atoms with van der Waals surface area (Å²) >= 11 is 1.89. The SMILES string of the molecule is CN=C(NCCN1CCc2sccc2C1)NCC(C)(C)OC. The van der Waals surface area contributed by atoms with Gasteiger partial charge in [-0.05, 0) is 37.3 Å². The van der Waals surface area contributed by atoms with Gasteiger partial charge in [0.25, 0.3) is 0 Å². The maximum atomic E-state index is 5.41. The highest BCUT2D eigenvalue weighted by Crippen LogP contribution is 2.23. The molecule has 0 atom stereocenters. The van der Waals surface area contributed by atoms with Crippen LogP contribution >= 0.6 is 11.3 Å². The van der Waals surface area contributed by atoms with Crippen molar-refractivity contribution in [1.82, 2.24) is 15.5 Å². The predicted octanol–water partition coefficient (Wildman–Crippen LogP) is 1.70. The lowest BCUT2D eigenvalue weighted by Crippen LogP contribution is -2.47. The summed E-state index contributed by atoms with van der Waals surface area (Å²) in [6, 6.07) is 2.26. The number of aliphatic imine (C=N–C) groups is 1. The van der Waals surface area contributed by atoms with E-state index >= 15 is 0 Å². The van der Waals surface area contributed by atoms with Gasteiger partial charge in [-0.15, -0.1) is 11.3 Å². The molecule has 1 aliphatic heterocycles. The van der Waals surface area contributed by atoms with Crippen LogP contribution in [0.2, 0.25) is 0 Å². The van der Waals surface area contributed by atoms with Gasteiger partial charge in [0.2, 0.25) is 0 Å². The highest BCUT2D eigenvalue weighted by Gasteiger charge is 2.18. The maximum absolute atomic E-state index is 5.41. The van der Waals surface area contributed by atoms with Gasteiger partial charge in [0.05, 0.1) is 5.60 Å². The second-order valence-corrected chi connectivity index (χ2v) is 7.21. The van der Waals surface area contributed by atoms with Gasteiger partial charge in [0, 0.05) is 51.8 Å². The molecule has 0 bridgehead atoms. The van der Waals surface area contributed by atoms with E-state index in [1.807, 2.05) is 11.3 Å². The molecule has 124 valence electrons. The highest BCUT2D eigenvalue weighted by atomic mass is 32.1. The average molecular weight is 324 g/mol. The number of hydrogen-bond acceptors (Lipinski definition) is 4. The van der Waals surface area contributed by atoms with Gasteiger partial charge in [-0.1, -0.05) is 0 Å². The third kappa shape index (κ3) is 4.97. The highest BCUT2D eigenvalue weighted by molar-refractivity contribution is 7.10. The zero-order valence-corrected chi connectivity index (χ0v) is 14.9.